The summed E-state index contributed by atoms with van der Waals surface area (Å²) >= 11 is 0. The molecule has 0 fully saturated rings. The smallest absolute Gasteiger partial charge is 0.335 e. The molecule has 0 saturated carbocycles. The lowest BCUT2D eigenvalue weighted by molar-refractivity contribution is -0.114. The molecule has 0 bridgehead atoms. The van der Waals surface area contributed by atoms with E-state index in [4.69, 9.17) is 20.5 Å². The second-order valence-corrected chi connectivity index (χ2v) is 6.59. The Kier molecular flexibility index (Phi) is 11.6. The van der Waals surface area contributed by atoms with Crippen molar-refractivity contribution in [3.8, 4) is 0 Å². The zero-order valence-electron chi connectivity index (χ0n) is 14.7. The Morgan fingerprint density at radius 1 is 1.12 bits per heavy atom. The van der Waals surface area contributed by atoms with Gasteiger partial charge in [-0.3, -0.25) is 9.35 Å². The number of rotatable bonds is 5. The average Bonchev–Trinajstić information content (AvgIpc) is 2.46. The Morgan fingerprint density at radius 2 is 1.46 bits per heavy atom. The maximum atomic E-state index is 10.6. The molecule has 0 aromatic heterocycles. The molecule has 1 aromatic carbocycles. The van der Waals surface area contributed by atoms with Gasteiger partial charge in [0.25, 0.3) is 10.1 Å². The first-order valence-corrected chi connectivity index (χ1v) is 8.82. The lowest BCUT2D eigenvalue weighted by Crippen LogP contribution is -2.10. The van der Waals surface area contributed by atoms with Crippen LogP contribution in [0.5, 0.6) is 0 Å². The number of carboxylic acids is 2. The quantitative estimate of drug-likeness (QED) is 0.435. The summed E-state index contributed by atoms with van der Waals surface area (Å²) in [5, 5.41) is 17.4. The molecule has 5 N–H and O–H groups in total. The molecular formula is C16H23NO8S. The normalized spacial score (nSPS) is 9.69. The van der Waals surface area contributed by atoms with Gasteiger partial charge in [-0.05, 0) is 38.0 Å². The summed E-state index contributed by atoms with van der Waals surface area (Å²) in [5.41, 5.74) is 5.43. The fourth-order valence-corrected chi connectivity index (χ4v) is 1.87. The Hall–Kier alpha value is -2.72. The molecule has 0 spiro atoms. The highest BCUT2D eigenvalue weighted by molar-refractivity contribution is 7.85. The highest BCUT2D eigenvalue weighted by Gasteiger charge is 2.13. The fraction of sp³-hybridized carbons (Fsp3) is 0.312. The van der Waals surface area contributed by atoms with E-state index in [9.17, 15) is 22.8 Å². The van der Waals surface area contributed by atoms with E-state index in [2.05, 4.69) is 6.58 Å². The van der Waals surface area contributed by atoms with Crippen molar-refractivity contribution in [2.24, 2.45) is 5.73 Å². The standard InChI is InChI=1S/C9H8O4.C4H7NO.C3H8O3S/c1-5-6(8(10)11)3-2-4-7(5)9(12)13;1-3(2)4(5)6;1-2-3-7(4,5)6/h2-4H,1H3,(H,10,11)(H,12,13);1H2,2H3,(H2,5,6);2-3H2,1H3,(H,4,5,6). The lowest BCUT2D eigenvalue weighted by Gasteiger charge is -2.03. The Morgan fingerprint density at radius 3 is 1.62 bits per heavy atom. The molecule has 1 rings (SSSR count). The molecule has 0 atom stereocenters. The minimum absolute atomic E-state index is 0.0277. The van der Waals surface area contributed by atoms with Crippen molar-refractivity contribution in [2.75, 3.05) is 5.75 Å². The molecular weight excluding hydrogens is 366 g/mol. The maximum Gasteiger partial charge on any atom is 0.335 e. The molecule has 0 heterocycles. The average molecular weight is 389 g/mol. The summed E-state index contributed by atoms with van der Waals surface area (Å²) in [6.07, 6.45) is 0.471. The van der Waals surface area contributed by atoms with E-state index in [0.29, 0.717) is 12.0 Å². The highest BCUT2D eigenvalue weighted by atomic mass is 32.2. The third kappa shape index (κ3) is 11.8. The van der Waals surface area contributed by atoms with Crippen LogP contribution in [0.2, 0.25) is 0 Å². The van der Waals surface area contributed by atoms with Crippen LogP contribution in [-0.4, -0.2) is 46.8 Å². The largest absolute Gasteiger partial charge is 0.478 e. The number of aromatic carboxylic acids is 2. The van der Waals surface area contributed by atoms with Gasteiger partial charge in [-0.25, -0.2) is 9.59 Å². The van der Waals surface area contributed by atoms with E-state index in [1.54, 1.807) is 13.8 Å². The summed E-state index contributed by atoms with van der Waals surface area (Å²) in [7, 11) is -3.67. The van der Waals surface area contributed by atoms with E-state index in [1.807, 2.05) is 0 Å². The molecule has 146 valence electrons. The van der Waals surface area contributed by atoms with Gasteiger partial charge >= 0.3 is 11.9 Å². The third-order valence-corrected chi connectivity index (χ3v) is 3.60. The zero-order chi connectivity index (χ0) is 21.1. The van der Waals surface area contributed by atoms with E-state index in [0.717, 1.165) is 0 Å². The van der Waals surface area contributed by atoms with Crippen LogP contribution < -0.4 is 5.73 Å². The number of carbonyl (C=O) groups excluding carboxylic acids is 1. The summed E-state index contributed by atoms with van der Waals surface area (Å²) in [5.74, 6) is -2.79. The van der Waals surface area contributed by atoms with Gasteiger partial charge in [-0.2, -0.15) is 8.42 Å². The van der Waals surface area contributed by atoms with Crippen molar-refractivity contribution < 1.29 is 37.6 Å². The van der Waals surface area contributed by atoms with E-state index < -0.39 is 28.0 Å². The first-order valence-electron chi connectivity index (χ1n) is 7.21. The number of carbonyl (C=O) groups is 3. The van der Waals surface area contributed by atoms with Crippen molar-refractivity contribution in [1.82, 2.24) is 0 Å². The van der Waals surface area contributed by atoms with Crippen LogP contribution >= 0.6 is 0 Å². The lowest BCUT2D eigenvalue weighted by atomic mass is 10.0. The molecule has 1 aromatic rings. The number of primary amides is 1. The number of hydrogen-bond acceptors (Lipinski definition) is 5. The first kappa shape index (κ1) is 25.5. The number of carboxylic acid groups (broad SMARTS) is 2. The van der Waals surface area contributed by atoms with Crippen LogP contribution in [0.3, 0.4) is 0 Å². The number of hydrogen-bond donors (Lipinski definition) is 4. The number of benzene rings is 1. The Balaban J connectivity index is 0. The molecule has 0 unspecified atom stereocenters. The monoisotopic (exact) mass is 389 g/mol. The van der Waals surface area contributed by atoms with Crippen LogP contribution in [0, 0.1) is 6.92 Å². The van der Waals surface area contributed by atoms with Crippen molar-refractivity contribution in [3.63, 3.8) is 0 Å². The van der Waals surface area contributed by atoms with Crippen LogP contribution in [0.15, 0.2) is 30.4 Å². The predicted octanol–water partition coefficient (Wildman–Crippen LogP) is 1.72. The van der Waals surface area contributed by atoms with Gasteiger partial charge < -0.3 is 15.9 Å². The molecule has 0 aliphatic rings. The maximum absolute atomic E-state index is 10.6. The highest BCUT2D eigenvalue weighted by Crippen LogP contribution is 2.13. The zero-order valence-corrected chi connectivity index (χ0v) is 15.5. The van der Waals surface area contributed by atoms with Crippen molar-refractivity contribution in [3.05, 3.63) is 47.0 Å². The van der Waals surface area contributed by atoms with Gasteiger partial charge in [0.1, 0.15) is 0 Å². The van der Waals surface area contributed by atoms with E-state index >= 15 is 0 Å². The predicted molar refractivity (Wildman–Crippen MR) is 95.8 cm³/mol. The molecule has 0 saturated heterocycles. The minimum atomic E-state index is -3.67. The molecule has 0 aliphatic heterocycles. The van der Waals surface area contributed by atoms with Crippen LogP contribution in [0.1, 0.15) is 46.5 Å². The molecule has 1 amide bonds. The van der Waals surface area contributed by atoms with Gasteiger partial charge in [0.05, 0.1) is 16.9 Å². The van der Waals surface area contributed by atoms with E-state index in [1.165, 1.54) is 25.1 Å². The van der Waals surface area contributed by atoms with Crippen molar-refractivity contribution in [1.29, 1.82) is 0 Å². The number of nitrogens with two attached hydrogens (primary N) is 1. The summed E-state index contributed by atoms with van der Waals surface area (Å²) < 4.78 is 27.6. The van der Waals surface area contributed by atoms with Crippen LogP contribution in [0.25, 0.3) is 0 Å². The minimum Gasteiger partial charge on any atom is -0.478 e. The van der Waals surface area contributed by atoms with Crippen LogP contribution in [-0.2, 0) is 14.9 Å². The van der Waals surface area contributed by atoms with Crippen molar-refractivity contribution >= 4 is 28.0 Å². The molecule has 9 nitrogen and oxygen atoms in total. The summed E-state index contributed by atoms with van der Waals surface area (Å²) in [6, 6.07) is 4.17. The van der Waals surface area contributed by atoms with Gasteiger partial charge in [0.2, 0.25) is 5.91 Å². The van der Waals surface area contributed by atoms with Gasteiger partial charge in [-0.15, -0.1) is 0 Å². The van der Waals surface area contributed by atoms with Gasteiger partial charge in [0, 0.05) is 5.57 Å². The topological polar surface area (TPSA) is 172 Å². The van der Waals surface area contributed by atoms with Gasteiger partial charge in [0.15, 0.2) is 0 Å². The molecule has 10 heteroatoms. The van der Waals surface area contributed by atoms with Gasteiger partial charge in [-0.1, -0.05) is 19.6 Å². The number of amides is 1. The molecule has 0 aliphatic carbocycles. The summed E-state index contributed by atoms with van der Waals surface area (Å²) in [6.45, 7) is 8.02. The SMILES string of the molecule is C=C(C)C(N)=O.CCCS(=O)(=O)O.Cc1c(C(=O)O)cccc1C(=O)O. The molecule has 0 radical (unpaired) electrons. The first-order chi connectivity index (χ1) is 11.7. The molecule has 26 heavy (non-hydrogen) atoms. The second-order valence-electron chi connectivity index (χ2n) is 5.02. The second kappa shape index (κ2) is 11.8. The van der Waals surface area contributed by atoms with Crippen LogP contribution in [0.4, 0.5) is 0 Å². The van der Waals surface area contributed by atoms with Crippen molar-refractivity contribution in [2.45, 2.75) is 27.2 Å². The third-order valence-electron chi connectivity index (χ3n) is 2.68. The Labute approximate surface area is 151 Å². The Bertz CT molecular complexity index is 724. The van der Waals surface area contributed by atoms with E-state index in [-0.39, 0.29) is 22.4 Å². The summed E-state index contributed by atoms with van der Waals surface area (Å²) in [4.78, 5) is 31.0. The fourth-order valence-electron chi connectivity index (χ4n) is 1.36.